The molecule has 0 atom stereocenters. The highest BCUT2D eigenvalue weighted by atomic mass is 35.6. The Bertz CT molecular complexity index is 1660. The van der Waals surface area contributed by atoms with Crippen molar-refractivity contribution in [3.05, 3.63) is 72.3 Å². The molecule has 0 fully saturated rings. The smallest absolute Gasteiger partial charge is 0.150 e. The van der Waals surface area contributed by atoms with Gasteiger partial charge in [-0.2, -0.15) is 11.1 Å². The Morgan fingerprint density at radius 2 is 0.967 bits per heavy atom. The highest BCUT2D eigenvalue weighted by molar-refractivity contribution is 7.19. The normalized spacial score (nSPS) is 13.4. The molecule has 0 saturated heterocycles. The SMILES string of the molecule is C[Si](C)(Cl)CCc1cc2ccc3ccc4ccc5ccc6ccc1c1c6c5c4c3c21. The lowest BCUT2D eigenvalue weighted by Crippen LogP contribution is -2.16. The fourth-order valence-corrected chi connectivity index (χ4v) is 6.85. The number of benzene rings is 7. The van der Waals surface area contributed by atoms with Crippen LogP contribution in [-0.2, 0) is 6.42 Å². The van der Waals surface area contributed by atoms with E-state index in [1.807, 2.05) is 0 Å². The molecule has 0 saturated carbocycles. The molecule has 7 aromatic carbocycles. The Labute approximate surface area is 180 Å². The third-order valence-electron chi connectivity index (χ3n) is 7.08. The van der Waals surface area contributed by atoms with E-state index in [4.69, 9.17) is 11.1 Å². The second-order valence-electron chi connectivity index (χ2n) is 9.50. The Kier molecular flexibility index (Phi) is 3.16. The Hall–Kier alpha value is -2.61. The number of aryl methyl sites for hydroxylation is 1. The van der Waals surface area contributed by atoms with Gasteiger partial charge in [-0.3, -0.25) is 0 Å². The van der Waals surface area contributed by atoms with Gasteiger partial charge in [-0.05, 0) is 82.7 Å². The van der Waals surface area contributed by atoms with Crippen LogP contribution in [0.25, 0.3) is 64.6 Å². The highest BCUT2D eigenvalue weighted by Gasteiger charge is 2.22. The molecule has 0 aliphatic rings. The Morgan fingerprint density at radius 1 is 0.567 bits per heavy atom. The Balaban J connectivity index is 1.78. The summed E-state index contributed by atoms with van der Waals surface area (Å²) < 4.78 is 0. The van der Waals surface area contributed by atoms with Crippen LogP contribution < -0.4 is 0 Å². The standard InChI is InChI=1S/C28H21ClSi/c1-30(2,29)14-13-20-15-21-10-9-18-6-4-16-3-5-17-7-8-19-11-12-22(20)28-26(19)24(17)23(16)25(18)27(21)28/h3-12,15H,13-14H2,1-2H3. The van der Waals surface area contributed by atoms with Gasteiger partial charge >= 0.3 is 0 Å². The lowest BCUT2D eigenvalue weighted by Gasteiger charge is -2.22. The summed E-state index contributed by atoms with van der Waals surface area (Å²) in [5.41, 5.74) is 1.45. The lowest BCUT2D eigenvalue weighted by atomic mass is 9.81. The van der Waals surface area contributed by atoms with E-state index in [0.717, 1.165) is 12.5 Å². The topological polar surface area (TPSA) is 0 Å². The van der Waals surface area contributed by atoms with E-state index < -0.39 is 7.38 Å². The second-order valence-corrected chi connectivity index (χ2v) is 16.5. The molecule has 0 aliphatic heterocycles. The van der Waals surface area contributed by atoms with Gasteiger partial charge in [0.1, 0.15) is 0 Å². The summed E-state index contributed by atoms with van der Waals surface area (Å²) in [6, 6.07) is 26.6. The first-order valence-electron chi connectivity index (χ1n) is 10.8. The molecule has 0 nitrogen and oxygen atoms in total. The van der Waals surface area contributed by atoms with E-state index >= 15 is 0 Å². The fourth-order valence-electron chi connectivity index (χ4n) is 5.70. The van der Waals surface area contributed by atoms with E-state index in [-0.39, 0.29) is 0 Å². The van der Waals surface area contributed by atoms with E-state index in [2.05, 4.69) is 79.8 Å². The van der Waals surface area contributed by atoms with Gasteiger partial charge < -0.3 is 0 Å². The van der Waals surface area contributed by atoms with Crippen LogP contribution in [0.5, 0.6) is 0 Å². The first-order valence-corrected chi connectivity index (χ1v) is 15.0. The molecular weight excluding hydrogens is 400 g/mol. The van der Waals surface area contributed by atoms with Crippen molar-refractivity contribution in [1.82, 2.24) is 0 Å². The summed E-state index contributed by atoms with van der Waals surface area (Å²) in [5.74, 6) is 0. The fraction of sp³-hybridized carbons (Fsp3) is 0.143. The summed E-state index contributed by atoms with van der Waals surface area (Å²) in [4.78, 5) is 0. The van der Waals surface area contributed by atoms with Crippen molar-refractivity contribution in [3.63, 3.8) is 0 Å². The molecule has 2 heteroatoms. The van der Waals surface area contributed by atoms with Gasteiger partial charge in [0.25, 0.3) is 0 Å². The highest BCUT2D eigenvalue weighted by Crippen LogP contribution is 2.49. The third kappa shape index (κ3) is 2.12. The van der Waals surface area contributed by atoms with Crippen LogP contribution in [0, 0.1) is 0 Å². The average molecular weight is 421 g/mol. The third-order valence-corrected chi connectivity index (χ3v) is 9.08. The van der Waals surface area contributed by atoms with Crippen molar-refractivity contribution in [2.75, 3.05) is 0 Å². The van der Waals surface area contributed by atoms with Gasteiger partial charge in [0.2, 0.25) is 0 Å². The van der Waals surface area contributed by atoms with Gasteiger partial charge in [0.05, 0.1) is 0 Å². The van der Waals surface area contributed by atoms with Crippen LogP contribution in [-0.4, -0.2) is 7.38 Å². The molecule has 144 valence electrons. The summed E-state index contributed by atoms with van der Waals surface area (Å²) >= 11 is 6.71. The zero-order valence-electron chi connectivity index (χ0n) is 17.1. The van der Waals surface area contributed by atoms with Crippen molar-refractivity contribution < 1.29 is 0 Å². The van der Waals surface area contributed by atoms with Gasteiger partial charge in [0, 0.05) is 0 Å². The summed E-state index contributed by atoms with van der Waals surface area (Å²) in [6.07, 6.45) is 1.06. The van der Waals surface area contributed by atoms with Crippen molar-refractivity contribution in [2.24, 2.45) is 0 Å². The summed E-state index contributed by atoms with van der Waals surface area (Å²) in [5, 5.41) is 16.8. The van der Waals surface area contributed by atoms with Gasteiger partial charge in [0.15, 0.2) is 7.38 Å². The molecule has 0 bridgehead atoms. The molecule has 0 radical (unpaired) electrons. The summed E-state index contributed by atoms with van der Waals surface area (Å²) in [7, 11) is -1.63. The predicted octanol–water partition coefficient (Wildman–Crippen LogP) is 8.91. The first-order chi connectivity index (χ1) is 14.5. The Morgan fingerprint density at radius 3 is 1.47 bits per heavy atom. The monoisotopic (exact) mass is 420 g/mol. The zero-order chi connectivity index (χ0) is 20.2. The molecule has 7 aromatic rings. The molecule has 0 N–H and O–H groups in total. The van der Waals surface area contributed by atoms with Crippen molar-refractivity contribution in [3.8, 4) is 0 Å². The molecule has 30 heavy (non-hydrogen) atoms. The maximum absolute atomic E-state index is 6.71. The zero-order valence-corrected chi connectivity index (χ0v) is 18.9. The van der Waals surface area contributed by atoms with Crippen LogP contribution in [0.1, 0.15) is 5.56 Å². The molecule has 0 amide bonds. The average Bonchev–Trinajstić information content (AvgIpc) is 2.75. The van der Waals surface area contributed by atoms with Gasteiger partial charge in [-0.25, -0.2) is 0 Å². The minimum atomic E-state index is -1.63. The van der Waals surface area contributed by atoms with Crippen molar-refractivity contribution in [1.29, 1.82) is 0 Å². The minimum Gasteiger partial charge on any atom is -0.168 e. The number of halogens is 1. The molecule has 0 spiro atoms. The largest absolute Gasteiger partial charge is 0.168 e. The van der Waals surface area contributed by atoms with E-state index in [9.17, 15) is 0 Å². The predicted molar refractivity (Wildman–Crippen MR) is 137 cm³/mol. The first kappa shape index (κ1) is 17.1. The van der Waals surface area contributed by atoms with Crippen LogP contribution >= 0.6 is 11.1 Å². The minimum absolute atomic E-state index is 1.06. The number of hydrogen-bond donors (Lipinski definition) is 0. The number of hydrogen-bond acceptors (Lipinski definition) is 0. The molecule has 0 aromatic heterocycles. The second kappa shape index (κ2) is 5.54. The van der Waals surface area contributed by atoms with E-state index in [1.54, 1.807) is 0 Å². The maximum atomic E-state index is 6.71. The maximum Gasteiger partial charge on any atom is 0.150 e. The van der Waals surface area contributed by atoms with Crippen molar-refractivity contribution in [2.45, 2.75) is 25.6 Å². The molecule has 0 aliphatic carbocycles. The van der Waals surface area contributed by atoms with Crippen molar-refractivity contribution >= 4 is 83.1 Å². The molecule has 7 rings (SSSR count). The van der Waals surface area contributed by atoms with E-state index in [1.165, 1.54) is 70.2 Å². The quantitative estimate of drug-likeness (QED) is 0.116. The summed E-state index contributed by atoms with van der Waals surface area (Å²) in [6.45, 7) is 4.50. The van der Waals surface area contributed by atoms with Crippen LogP contribution in [0.15, 0.2) is 66.7 Å². The van der Waals surface area contributed by atoms with Gasteiger partial charge in [-0.1, -0.05) is 79.8 Å². The van der Waals surface area contributed by atoms with Crippen LogP contribution in [0.4, 0.5) is 0 Å². The van der Waals surface area contributed by atoms with E-state index in [0.29, 0.717) is 0 Å². The molecule has 0 unspecified atom stereocenters. The lowest BCUT2D eigenvalue weighted by molar-refractivity contribution is 1.13. The molecule has 0 heterocycles. The van der Waals surface area contributed by atoms with Crippen LogP contribution in [0.3, 0.4) is 0 Å². The molecular formula is C28H21ClSi. The van der Waals surface area contributed by atoms with Gasteiger partial charge in [-0.15, -0.1) is 0 Å². The number of rotatable bonds is 3. The van der Waals surface area contributed by atoms with Crippen LogP contribution in [0.2, 0.25) is 19.1 Å².